The predicted molar refractivity (Wildman–Crippen MR) is 375 cm³/mol. The summed E-state index contributed by atoms with van der Waals surface area (Å²) in [7, 11) is -3.26. The van der Waals surface area contributed by atoms with Crippen molar-refractivity contribution in [3.05, 3.63) is 99.1 Å². The summed E-state index contributed by atoms with van der Waals surface area (Å²) in [5, 5.41) is 0.901. The fraction of sp³-hybridized carbons (Fsp3) is 0.630. The number of alkyl halides is 1. The molecule has 0 fully saturated rings. The van der Waals surface area contributed by atoms with Gasteiger partial charge >= 0.3 is 11.9 Å². The number of allylic oxidation sites excluding steroid dienone is 3. The number of nitrogens with one attached hydrogen (secondary N) is 1. The van der Waals surface area contributed by atoms with Crippen LogP contribution in [-0.4, -0.2) is 89.5 Å². The molecular weight excluding hydrogens is 1160 g/mol. The van der Waals surface area contributed by atoms with E-state index < -0.39 is 28.2 Å². The molecular formula is C73H126FN3O12S. The van der Waals surface area contributed by atoms with Crippen molar-refractivity contribution in [1.82, 2.24) is 14.3 Å². The molecule has 1 unspecified atom stereocenters. The van der Waals surface area contributed by atoms with E-state index in [9.17, 15) is 51.2 Å². The number of terminal acetylenes is 1. The highest BCUT2D eigenvalue weighted by Crippen LogP contribution is 2.24. The highest BCUT2D eigenvalue weighted by Gasteiger charge is 2.25. The topological polar surface area (TPSA) is 219 Å². The average Bonchev–Trinajstić information content (AvgIpc) is 3.87. The van der Waals surface area contributed by atoms with Gasteiger partial charge in [-0.05, 0) is 92.8 Å². The lowest BCUT2D eigenvalue weighted by Gasteiger charge is -2.26. The smallest absolute Gasteiger partial charge is 0.330 e. The Balaban J connectivity index is -0.000000141. The van der Waals surface area contributed by atoms with Crippen molar-refractivity contribution >= 4 is 62.7 Å². The lowest BCUT2D eigenvalue weighted by molar-refractivity contribution is -0.145. The number of aromatic nitrogens is 2. The van der Waals surface area contributed by atoms with Crippen molar-refractivity contribution in [2.45, 2.75) is 245 Å². The number of ketones is 6. The Labute approximate surface area is 548 Å². The van der Waals surface area contributed by atoms with Gasteiger partial charge in [0, 0.05) is 78.0 Å². The van der Waals surface area contributed by atoms with Crippen LogP contribution in [0.3, 0.4) is 0 Å². The van der Waals surface area contributed by atoms with E-state index in [0.29, 0.717) is 31.3 Å². The molecule has 0 radical (unpaired) electrons. The number of Topliss-reactive ketones (excluding diaryl/α,β-unsaturated/α-hetero) is 4. The molecule has 0 amide bonds. The maximum Gasteiger partial charge on any atom is 0.330 e. The number of esters is 2. The first-order valence-electron chi connectivity index (χ1n) is 29.9. The molecule has 0 aliphatic rings. The Kier molecular flexibility index (Phi) is 52.9. The molecule has 15 nitrogen and oxygen atoms in total. The molecule has 1 heterocycles. The van der Waals surface area contributed by atoms with E-state index in [2.05, 4.69) is 101 Å². The van der Waals surface area contributed by atoms with Gasteiger partial charge in [-0.25, -0.2) is 32.1 Å². The van der Waals surface area contributed by atoms with Gasteiger partial charge in [-0.1, -0.05) is 210 Å². The van der Waals surface area contributed by atoms with Crippen molar-refractivity contribution in [2.75, 3.05) is 13.3 Å². The normalized spacial score (nSPS) is 11.4. The van der Waals surface area contributed by atoms with Gasteiger partial charge in [0.2, 0.25) is 15.8 Å². The summed E-state index contributed by atoms with van der Waals surface area (Å²) in [5.41, 5.74) is 0.757. The van der Waals surface area contributed by atoms with Crippen LogP contribution in [0.2, 0.25) is 0 Å². The Morgan fingerprint density at radius 3 is 1.30 bits per heavy atom. The van der Waals surface area contributed by atoms with Gasteiger partial charge in [-0.15, -0.1) is 6.42 Å². The van der Waals surface area contributed by atoms with Crippen LogP contribution in [0.4, 0.5) is 4.39 Å². The van der Waals surface area contributed by atoms with Crippen LogP contribution in [0.5, 0.6) is 0 Å². The molecule has 0 saturated carbocycles. The molecule has 1 aromatic rings. The van der Waals surface area contributed by atoms with E-state index in [0.717, 1.165) is 29.4 Å². The third-order valence-electron chi connectivity index (χ3n) is 9.49. The van der Waals surface area contributed by atoms with Crippen LogP contribution in [0.1, 0.15) is 232 Å². The third kappa shape index (κ3) is 81.8. The average molecular weight is 1290 g/mol. The zero-order valence-corrected chi connectivity index (χ0v) is 62.5. The molecule has 17 heteroatoms. The summed E-state index contributed by atoms with van der Waals surface area (Å²) in [5.74, 6) is 2.02. The van der Waals surface area contributed by atoms with E-state index in [1.807, 2.05) is 130 Å². The number of carbonyl (C=O) groups excluding carboxylic acids is 8. The summed E-state index contributed by atoms with van der Waals surface area (Å²) in [4.78, 5) is 89.7. The quantitative estimate of drug-likeness (QED) is 0.0361. The Bertz CT molecular complexity index is 2570. The molecule has 0 bridgehead atoms. The molecule has 0 aliphatic heterocycles. The Hall–Kier alpha value is -6.25. The Morgan fingerprint density at radius 1 is 0.656 bits per heavy atom. The molecule has 0 spiro atoms. The maximum absolute atomic E-state index is 11.3. The molecule has 0 aromatic carbocycles. The van der Waals surface area contributed by atoms with Gasteiger partial charge in [0.05, 0.1) is 13.0 Å². The van der Waals surface area contributed by atoms with Crippen LogP contribution < -0.4 is 4.72 Å². The first kappa shape index (κ1) is 99.9. The SMILES string of the molecule is C#CC(=O)CC(C)(C)C.C=CC(=O)CC(C)(C)C.C=CC(=O)OC(C=C)C(C)(C)C.C=CC(=O)OCC(C)(C)C.C=CS(=O)(=O)NC(C)(C)C.C=Cc1nccn1CC(C)(C)C.CC(=O)CC(=O)C(C)(C)C.CC(C)=CC(=O)CC(C)(C)C.CC(C)C(=O)CF. The van der Waals surface area contributed by atoms with Crippen LogP contribution in [0, 0.1) is 56.2 Å². The minimum Gasteiger partial charge on any atom is -0.462 e. The van der Waals surface area contributed by atoms with Gasteiger partial charge in [-0.3, -0.25) is 28.8 Å². The van der Waals surface area contributed by atoms with Gasteiger partial charge in [0.15, 0.2) is 17.3 Å². The second kappa shape index (κ2) is 47.6. The Morgan fingerprint density at radius 2 is 1.09 bits per heavy atom. The molecule has 1 atom stereocenters. The van der Waals surface area contributed by atoms with Crippen LogP contribution in [-0.2, 0) is 64.4 Å². The molecule has 1 aromatic heterocycles. The van der Waals surface area contributed by atoms with Gasteiger partial charge in [-0.2, -0.15) is 0 Å². The largest absolute Gasteiger partial charge is 0.462 e. The lowest BCUT2D eigenvalue weighted by atomic mass is 9.88. The fourth-order valence-electron chi connectivity index (χ4n) is 5.39. The number of hydrogen-bond acceptors (Lipinski definition) is 13. The summed E-state index contributed by atoms with van der Waals surface area (Å²) < 4.78 is 47.2. The summed E-state index contributed by atoms with van der Waals surface area (Å²) in [6, 6.07) is 0. The van der Waals surface area contributed by atoms with Gasteiger partial charge < -0.3 is 14.0 Å². The van der Waals surface area contributed by atoms with Crippen molar-refractivity contribution in [1.29, 1.82) is 0 Å². The second-order valence-corrected chi connectivity index (χ2v) is 32.4. The number of carbonyl (C=O) groups is 8. The number of halogens is 1. The first-order chi connectivity index (χ1) is 39.9. The van der Waals surface area contributed by atoms with E-state index in [-0.39, 0.29) is 91.6 Å². The zero-order chi connectivity index (χ0) is 73.9. The molecule has 518 valence electrons. The lowest BCUT2D eigenvalue weighted by Crippen LogP contribution is -2.39. The number of sulfonamides is 1. The highest BCUT2D eigenvalue weighted by molar-refractivity contribution is 7.92. The minimum absolute atomic E-state index is 0.0139. The second-order valence-electron chi connectivity index (χ2n) is 30.7. The van der Waals surface area contributed by atoms with E-state index in [4.69, 9.17) is 15.9 Å². The van der Waals surface area contributed by atoms with Crippen molar-refractivity contribution < 1.29 is 60.6 Å². The summed E-state index contributed by atoms with van der Waals surface area (Å²) >= 11 is 0. The third-order valence-corrected chi connectivity index (χ3v) is 10.8. The summed E-state index contributed by atoms with van der Waals surface area (Å²) in [6.07, 6.45) is 19.0. The van der Waals surface area contributed by atoms with E-state index in [1.165, 1.54) is 19.1 Å². The van der Waals surface area contributed by atoms with Gasteiger partial charge in [0.25, 0.3) is 0 Å². The van der Waals surface area contributed by atoms with Crippen LogP contribution >= 0.6 is 0 Å². The molecule has 0 saturated heterocycles. The number of hydrogen-bond donors (Lipinski definition) is 1. The maximum atomic E-state index is 11.3. The zero-order valence-electron chi connectivity index (χ0n) is 61.7. The number of nitrogens with zero attached hydrogens (tertiary/aromatic N) is 2. The number of rotatable bonds is 18. The fourth-order valence-corrected chi connectivity index (χ4v) is 6.33. The van der Waals surface area contributed by atoms with E-state index >= 15 is 0 Å². The monoisotopic (exact) mass is 1290 g/mol. The predicted octanol–water partition coefficient (Wildman–Crippen LogP) is 17.0. The van der Waals surface area contributed by atoms with Crippen molar-refractivity contribution in [3.63, 3.8) is 0 Å². The van der Waals surface area contributed by atoms with E-state index in [1.54, 1.807) is 52.8 Å². The van der Waals surface area contributed by atoms with Crippen LogP contribution in [0.15, 0.2) is 93.2 Å². The molecule has 1 N–H and O–H groups in total. The number of ether oxygens (including phenoxy) is 2. The summed E-state index contributed by atoms with van der Waals surface area (Å²) in [6.45, 7) is 77.4. The van der Waals surface area contributed by atoms with Crippen LogP contribution in [0.25, 0.3) is 6.08 Å². The molecule has 1 rings (SSSR count). The minimum atomic E-state index is -3.26. The highest BCUT2D eigenvalue weighted by atomic mass is 32.2. The molecule has 90 heavy (non-hydrogen) atoms. The van der Waals surface area contributed by atoms with Gasteiger partial charge in [0.1, 0.15) is 30.2 Å². The number of imidazole rings is 1. The standard InChI is InChI=1S/C10H16N2.C10H16O2.C10H18O.2C8H14O2.C8H14O.C8H12O.C6H13NO2S.C5H9FO/c1-5-9-11-6-7-12(9)8-10(2,3)4;1-6-8(10(3,4)5)12-9(11)7-2;1-8(2)6-9(11)7-10(3,4)5;1-6(9)5-7(10)8(2,3)4;1-5-7(9)10-6-8(2,3)4;2*1-5-7(9)6-8(2,3)4;1-5-10(8,9)7-6(2,3)4;1-4(2)5(7)3-6/h5-7H,1,8H2,2-4H3;6-8H,1-2H2,3-5H3;6H,7H2,1-5H3;5H2,1-4H3;5H,1,6H2,2-4H3;5H,1,6H2,2-4H3;1H,6H2,2-4H3;5,7H,1H2,2-4H3;4H,3H2,1-2H3. The van der Waals surface area contributed by atoms with Crippen molar-refractivity contribution in [3.8, 4) is 12.3 Å². The molecule has 0 aliphatic carbocycles. The van der Waals surface area contributed by atoms with Crippen molar-refractivity contribution in [2.24, 2.45) is 43.8 Å². The first-order valence-corrected chi connectivity index (χ1v) is 31.4.